The largest absolute Gasteiger partial charge is 0.323 e. The molecule has 6 nitrogen and oxygen atoms in total. The SMILES string of the molecule is CSC1=C([N+](=O)[O-])C(c2ccc(Cl)c(Cl)c2)NC(=O)N1C. The van der Waals surface area contributed by atoms with Gasteiger partial charge in [-0.3, -0.25) is 15.0 Å². The second-order valence-electron chi connectivity index (χ2n) is 4.27. The Hall–Kier alpha value is -1.44. The zero-order chi connectivity index (χ0) is 15.7. The van der Waals surface area contributed by atoms with Crippen molar-refractivity contribution in [3.05, 3.63) is 54.6 Å². The molecule has 0 saturated carbocycles. The summed E-state index contributed by atoms with van der Waals surface area (Å²) in [6.07, 6.45) is 1.68. The van der Waals surface area contributed by atoms with Crippen LogP contribution in [0.3, 0.4) is 0 Å². The molecule has 0 aromatic heterocycles. The molecule has 0 fully saturated rings. The average Bonchev–Trinajstić information content (AvgIpc) is 2.43. The molecule has 1 aromatic carbocycles. The maximum Gasteiger partial charge on any atom is 0.323 e. The zero-order valence-corrected chi connectivity index (χ0v) is 13.4. The van der Waals surface area contributed by atoms with Crippen LogP contribution in [0.4, 0.5) is 4.79 Å². The van der Waals surface area contributed by atoms with Crippen molar-refractivity contribution in [2.75, 3.05) is 13.3 Å². The Morgan fingerprint density at radius 1 is 1.38 bits per heavy atom. The van der Waals surface area contributed by atoms with Crippen LogP contribution in [-0.4, -0.2) is 29.2 Å². The fraction of sp³-hybridized carbons (Fsp3) is 0.250. The molecule has 1 heterocycles. The lowest BCUT2D eigenvalue weighted by Gasteiger charge is -2.29. The molecular weight excluding hydrogens is 337 g/mol. The quantitative estimate of drug-likeness (QED) is 0.670. The molecule has 0 bridgehead atoms. The molecule has 2 rings (SSSR count). The number of amides is 2. The van der Waals surface area contributed by atoms with E-state index >= 15 is 0 Å². The van der Waals surface area contributed by atoms with E-state index in [4.69, 9.17) is 23.2 Å². The van der Waals surface area contributed by atoms with Gasteiger partial charge in [0.05, 0.1) is 15.0 Å². The van der Waals surface area contributed by atoms with Gasteiger partial charge in [0.25, 0.3) is 0 Å². The summed E-state index contributed by atoms with van der Waals surface area (Å²) in [6, 6.07) is 3.37. The molecule has 0 aliphatic carbocycles. The lowest BCUT2D eigenvalue weighted by molar-refractivity contribution is -0.432. The Morgan fingerprint density at radius 2 is 2.05 bits per heavy atom. The van der Waals surface area contributed by atoms with Gasteiger partial charge in [0.2, 0.25) is 0 Å². The normalized spacial score (nSPS) is 18.8. The number of nitrogens with one attached hydrogen (secondary N) is 1. The smallest absolute Gasteiger partial charge is 0.321 e. The van der Waals surface area contributed by atoms with Gasteiger partial charge < -0.3 is 5.32 Å². The monoisotopic (exact) mass is 347 g/mol. The molecule has 2 amide bonds. The highest BCUT2D eigenvalue weighted by Crippen LogP contribution is 2.36. The van der Waals surface area contributed by atoms with Gasteiger partial charge >= 0.3 is 11.7 Å². The van der Waals surface area contributed by atoms with Gasteiger partial charge in [-0.2, -0.15) is 0 Å². The maximum absolute atomic E-state index is 12.0. The fourth-order valence-corrected chi connectivity index (χ4v) is 3.10. The van der Waals surface area contributed by atoms with Crippen LogP contribution in [0.2, 0.25) is 10.0 Å². The Labute approximate surface area is 135 Å². The first-order valence-electron chi connectivity index (χ1n) is 5.78. The highest BCUT2D eigenvalue weighted by Gasteiger charge is 2.39. The molecule has 0 saturated heterocycles. The first kappa shape index (κ1) is 15.9. The van der Waals surface area contributed by atoms with Crippen LogP contribution >= 0.6 is 35.0 Å². The number of benzene rings is 1. The maximum atomic E-state index is 12.0. The van der Waals surface area contributed by atoms with Crippen LogP contribution in [0.1, 0.15) is 11.6 Å². The second-order valence-corrected chi connectivity index (χ2v) is 5.88. The van der Waals surface area contributed by atoms with Gasteiger partial charge in [-0.05, 0) is 24.0 Å². The topological polar surface area (TPSA) is 75.5 Å². The fourth-order valence-electron chi connectivity index (χ4n) is 2.03. The van der Waals surface area contributed by atoms with Gasteiger partial charge in [-0.25, -0.2) is 4.79 Å². The molecule has 1 aliphatic heterocycles. The summed E-state index contributed by atoms with van der Waals surface area (Å²) in [5.74, 6) is 0. The van der Waals surface area contributed by atoms with E-state index in [1.54, 1.807) is 18.4 Å². The summed E-state index contributed by atoms with van der Waals surface area (Å²) in [7, 11) is 1.48. The number of thioether (sulfide) groups is 1. The Kier molecular flexibility index (Phi) is 4.65. The molecule has 1 N–H and O–H groups in total. The third kappa shape index (κ3) is 2.95. The molecule has 1 atom stereocenters. The standard InChI is InChI=1S/C12H11Cl2N3O3S/c1-16-11(21-2)10(17(19)20)9(15-12(16)18)6-3-4-7(13)8(14)5-6/h3-5,9H,1-2H3,(H,15,18). The Bertz CT molecular complexity index is 651. The number of halogens is 2. The van der Waals surface area contributed by atoms with Crippen LogP contribution in [0.15, 0.2) is 28.9 Å². The molecule has 112 valence electrons. The van der Waals surface area contributed by atoms with Crippen molar-refractivity contribution in [3.8, 4) is 0 Å². The lowest BCUT2D eigenvalue weighted by atomic mass is 10.0. The number of hydrogen-bond acceptors (Lipinski definition) is 4. The third-order valence-corrected chi connectivity index (χ3v) is 4.65. The lowest BCUT2D eigenvalue weighted by Crippen LogP contribution is -2.45. The summed E-state index contributed by atoms with van der Waals surface area (Å²) in [4.78, 5) is 24.1. The van der Waals surface area contributed by atoms with E-state index in [-0.39, 0.29) is 10.7 Å². The van der Waals surface area contributed by atoms with Crippen molar-refractivity contribution in [1.29, 1.82) is 0 Å². The summed E-state index contributed by atoms with van der Waals surface area (Å²) < 4.78 is 0. The molecule has 9 heteroatoms. The minimum absolute atomic E-state index is 0.0945. The predicted octanol–water partition coefficient (Wildman–Crippen LogP) is 3.50. The van der Waals surface area contributed by atoms with Crippen molar-refractivity contribution >= 4 is 41.0 Å². The van der Waals surface area contributed by atoms with Crippen molar-refractivity contribution in [2.24, 2.45) is 0 Å². The molecule has 21 heavy (non-hydrogen) atoms. The molecule has 1 aromatic rings. The Balaban J connectivity index is 2.59. The second kappa shape index (κ2) is 6.13. The summed E-state index contributed by atoms with van der Waals surface area (Å²) in [5, 5.41) is 14.9. The highest BCUT2D eigenvalue weighted by atomic mass is 35.5. The van der Waals surface area contributed by atoms with E-state index in [2.05, 4.69) is 5.32 Å². The van der Waals surface area contributed by atoms with Crippen molar-refractivity contribution in [2.45, 2.75) is 6.04 Å². The number of carbonyl (C=O) groups excluding carboxylic acids is 1. The minimum Gasteiger partial charge on any atom is -0.321 e. The first-order valence-corrected chi connectivity index (χ1v) is 7.76. The minimum atomic E-state index is -0.874. The summed E-state index contributed by atoms with van der Waals surface area (Å²) >= 11 is 12.9. The van der Waals surface area contributed by atoms with Gasteiger partial charge in [-0.15, -0.1) is 11.8 Å². The van der Waals surface area contributed by atoms with E-state index in [0.29, 0.717) is 15.6 Å². The molecular formula is C12H11Cl2N3O3S. The van der Waals surface area contributed by atoms with E-state index < -0.39 is 17.0 Å². The third-order valence-electron chi connectivity index (χ3n) is 3.04. The van der Waals surface area contributed by atoms with Gasteiger partial charge in [0, 0.05) is 7.05 Å². The van der Waals surface area contributed by atoms with E-state index in [0.717, 1.165) is 11.8 Å². The van der Waals surface area contributed by atoms with E-state index in [1.807, 2.05) is 0 Å². The van der Waals surface area contributed by atoms with Crippen molar-refractivity contribution in [3.63, 3.8) is 0 Å². The van der Waals surface area contributed by atoms with Crippen LogP contribution in [0.25, 0.3) is 0 Å². The van der Waals surface area contributed by atoms with Crippen LogP contribution < -0.4 is 5.32 Å². The average molecular weight is 348 g/mol. The first-order chi connectivity index (χ1) is 9.86. The Morgan fingerprint density at radius 3 is 2.57 bits per heavy atom. The highest BCUT2D eigenvalue weighted by molar-refractivity contribution is 8.02. The number of hydrogen-bond donors (Lipinski definition) is 1. The van der Waals surface area contributed by atoms with Crippen LogP contribution in [0, 0.1) is 10.1 Å². The number of urea groups is 1. The summed E-state index contributed by atoms with van der Waals surface area (Å²) in [5.41, 5.74) is 0.409. The van der Waals surface area contributed by atoms with Crippen molar-refractivity contribution < 1.29 is 9.72 Å². The molecule has 0 radical (unpaired) electrons. The number of rotatable bonds is 3. The van der Waals surface area contributed by atoms with Crippen LogP contribution in [0.5, 0.6) is 0 Å². The van der Waals surface area contributed by atoms with Crippen molar-refractivity contribution in [1.82, 2.24) is 10.2 Å². The predicted molar refractivity (Wildman–Crippen MR) is 83.0 cm³/mol. The van der Waals surface area contributed by atoms with E-state index in [1.165, 1.54) is 18.0 Å². The number of nitro groups is 1. The molecule has 1 aliphatic rings. The molecule has 1 unspecified atom stereocenters. The van der Waals surface area contributed by atoms with E-state index in [9.17, 15) is 14.9 Å². The van der Waals surface area contributed by atoms with Crippen LogP contribution in [-0.2, 0) is 0 Å². The van der Waals surface area contributed by atoms with Gasteiger partial charge in [0.1, 0.15) is 6.04 Å². The summed E-state index contributed by atoms with van der Waals surface area (Å²) in [6.45, 7) is 0. The van der Waals surface area contributed by atoms with Gasteiger partial charge in [-0.1, -0.05) is 29.3 Å². The van der Waals surface area contributed by atoms with Gasteiger partial charge in [0.15, 0.2) is 5.03 Å². The zero-order valence-electron chi connectivity index (χ0n) is 11.1. The number of nitrogens with zero attached hydrogens (tertiary/aromatic N) is 2. The number of carbonyl (C=O) groups is 1. The molecule has 0 spiro atoms.